The minimum atomic E-state index is -0.243. The molecule has 0 heterocycles. The van der Waals surface area contributed by atoms with E-state index in [-0.39, 0.29) is 28.9 Å². The lowest BCUT2D eigenvalue weighted by Crippen LogP contribution is -2.58. The number of ether oxygens (including phenoxy) is 2. The highest BCUT2D eigenvalue weighted by Gasteiger charge is 2.62. The number of fused-ring (bicyclic) bond motifs is 5. The third-order valence-electron chi connectivity index (χ3n) is 11.9. The first-order valence-electron chi connectivity index (χ1n) is 15.0. The van der Waals surface area contributed by atoms with Crippen molar-refractivity contribution in [2.75, 3.05) is 19.5 Å². The molecule has 4 aliphatic rings. The van der Waals surface area contributed by atoms with Gasteiger partial charge in [0.05, 0.1) is 32.1 Å². The molecule has 5 rings (SSSR count). The molecule has 0 spiro atoms. The Hall–Kier alpha value is -1.79. The van der Waals surface area contributed by atoms with Gasteiger partial charge in [0.1, 0.15) is 11.5 Å². The molecule has 10 unspecified atom stereocenters. The Balaban J connectivity index is 1.23. The average Bonchev–Trinajstić information content (AvgIpc) is 3.25. The largest absolute Gasteiger partial charge is 0.497 e. The summed E-state index contributed by atoms with van der Waals surface area (Å²) >= 11 is 0. The van der Waals surface area contributed by atoms with Gasteiger partial charge in [0.2, 0.25) is 5.91 Å². The van der Waals surface area contributed by atoms with Crippen LogP contribution in [0.15, 0.2) is 18.2 Å². The monoisotopic (exact) mass is 527 g/mol. The summed E-state index contributed by atoms with van der Waals surface area (Å²) in [6.07, 6.45) is 9.47. The van der Waals surface area contributed by atoms with Gasteiger partial charge in [0.15, 0.2) is 0 Å². The fraction of sp³-hybridized carbons (Fsp3) is 0.781. The van der Waals surface area contributed by atoms with Crippen LogP contribution < -0.4 is 14.8 Å². The molecule has 38 heavy (non-hydrogen) atoms. The first kappa shape index (κ1) is 27.8. The second kappa shape index (κ2) is 10.6. The Morgan fingerprint density at radius 3 is 2.50 bits per heavy atom. The number of benzene rings is 1. The molecule has 0 bridgehead atoms. The Kier molecular flexibility index (Phi) is 7.78. The lowest BCUT2D eigenvalue weighted by atomic mass is 9.43. The number of carbonyl (C=O) groups is 1. The molecule has 6 heteroatoms. The third-order valence-corrected chi connectivity index (χ3v) is 11.9. The van der Waals surface area contributed by atoms with Crippen molar-refractivity contribution < 1.29 is 24.5 Å². The zero-order valence-electron chi connectivity index (χ0n) is 24.0. The van der Waals surface area contributed by atoms with E-state index in [1.165, 1.54) is 25.7 Å². The van der Waals surface area contributed by atoms with Gasteiger partial charge in [-0.15, -0.1) is 0 Å². The zero-order valence-corrected chi connectivity index (χ0v) is 24.0. The molecule has 3 N–H and O–H groups in total. The lowest BCUT2D eigenvalue weighted by Gasteiger charge is -2.62. The predicted molar refractivity (Wildman–Crippen MR) is 149 cm³/mol. The van der Waals surface area contributed by atoms with Crippen LogP contribution in [0.1, 0.15) is 85.0 Å². The van der Waals surface area contributed by atoms with Gasteiger partial charge in [-0.25, -0.2) is 0 Å². The van der Waals surface area contributed by atoms with Gasteiger partial charge >= 0.3 is 0 Å². The average molecular weight is 528 g/mol. The number of aliphatic hydroxyl groups excluding tert-OH is 2. The van der Waals surface area contributed by atoms with Gasteiger partial charge in [-0.3, -0.25) is 4.79 Å². The summed E-state index contributed by atoms with van der Waals surface area (Å²) in [4.78, 5) is 12.9. The fourth-order valence-corrected chi connectivity index (χ4v) is 9.85. The summed E-state index contributed by atoms with van der Waals surface area (Å²) in [5.74, 6) is 4.32. The molecule has 0 aliphatic heterocycles. The molecule has 0 aromatic heterocycles. The summed E-state index contributed by atoms with van der Waals surface area (Å²) in [6, 6.07) is 5.44. The summed E-state index contributed by atoms with van der Waals surface area (Å²) in [5.41, 5.74) is 1.16. The zero-order chi connectivity index (χ0) is 27.2. The Bertz CT molecular complexity index is 1010. The molecular formula is C32H49NO5. The summed E-state index contributed by atoms with van der Waals surface area (Å²) < 4.78 is 10.7. The first-order chi connectivity index (χ1) is 18.1. The van der Waals surface area contributed by atoms with E-state index >= 15 is 0 Å². The number of methoxy groups -OCH3 is 2. The highest BCUT2D eigenvalue weighted by Crippen LogP contribution is 2.68. The highest BCUT2D eigenvalue weighted by atomic mass is 16.5. The van der Waals surface area contributed by atoms with Crippen LogP contribution in [-0.4, -0.2) is 42.5 Å². The van der Waals surface area contributed by atoms with Gasteiger partial charge in [-0.1, -0.05) is 20.8 Å². The Labute approximate surface area is 228 Å². The smallest absolute Gasteiger partial charge is 0.224 e. The molecule has 1 amide bonds. The summed E-state index contributed by atoms with van der Waals surface area (Å²) in [5, 5.41) is 24.8. The number of anilines is 1. The van der Waals surface area contributed by atoms with E-state index in [2.05, 4.69) is 26.1 Å². The van der Waals surface area contributed by atoms with Crippen molar-refractivity contribution in [3.63, 3.8) is 0 Å². The van der Waals surface area contributed by atoms with Crippen LogP contribution in [0.5, 0.6) is 11.5 Å². The van der Waals surface area contributed by atoms with Gasteiger partial charge in [0, 0.05) is 12.5 Å². The third kappa shape index (κ3) is 4.74. The van der Waals surface area contributed by atoms with Crippen molar-refractivity contribution in [3.05, 3.63) is 18.2 Å². The number of nitrogens with one attached hydrogen (secondary N) is 1. The molecule has 4 fully saturated rings. The molecule has 1 aromatic carbocycles. The molecule has 0 radical (unpaired) electrons. The molecular weight excluding hydrogens is 478 g/mol. The van der Waals surface area contributed by atoms with E-state index in [0.29, 0.717) is 59.1 Å². The van der Waals surface area contributed by atoms with E-state index in [4.69, 9.17) is 9.47 Å². The second-order valence-electron chi connectivity index (χ2n) is 13.6. The van der Waals surface area contributed by atoms with Gasteiger partial charge in [-0.2, -0.15) is 0 Å². The Morgan fingerprint density at radius 1 is 1.03 bits per heavy atom. The van der Waals surface area contributed by atoms with Crippen molar-refractivity contribution >= 4 is 11.6 Å². The standard InChI is InChI=1S/C32H49NO5/c1-19(6-11-29(36)33-26-10-7-22(37-4)18-28(26)38-5)23-8-9-24-30-25(13-15-32(23,24)3)31(2)14-12-21(34)16-20(31)17-27(30)35/h7,10,18-21,23-25,27,30,34-35H,6,8-9,11-17H2,1-5H3,(H,33,36). The van der Waals surface area contributed by atoms with Crippen LogP contribution in [0.2, 0.25) is 0 Å². The normalized spacial score (nSPS) is 40.9. The SMILES string of the molecule is COc1ccc(NC(=O)CCC(C)C2CCC3C4C(O)CC5CC(O)CCC5(C)C4CCC23C)c(OC)c1. The van der Waals surface area contributed by atoms with E-state index in [1.807, 2.05) is 12.1 Å². The number of rotatable bonds is 7. The van der Waals surface area contributed by atoms with Crippen LogP contribution in [0.3, 0.4) is 0 Å². The van der Waals surface area contributed by atoms with Gasteiger partial charge in [0.25, 0.3) is 0 Å². The maximum atomic E-state index is 12.9. The minimum absolute atomic E-state index is 0.0184. The van der Waals surface area contributed by atoms with Crippen molar-refractivity contribution in [1.82, 2.24) is 0 Å². The lowest BCUT2D eigenvalue weighted by molar-refractivity contribution is -0.174. The maximum absolute atomic E-state index is 12.9. The van der Waals surface area contributed by atoms with Gasteiger partial charge < -0.3 is 25.0 Å². The van der Waals surface area contributed by atoms with Crippen molar-refractivity contribution in [1.29, 1.82) is 0 Å². The fourth-order valence-electron chi connectivity index (χ4n) is 9.85. The number of carbonyl (C=O) groups excluding carboxylic acids is 1. The van der Waals surface area contributed by atoms with Crippen LogP contribution >= 0.6 is 0 Å². The highest BCUT2D eigenvalue weighted by molar-refractivity contribution is 5.92. The van der Waals surface area contributed by atoms with E-state index in [0.717, 1.165) is 32.1 Å². The number of hydrogen-bond donors (Lipinski definition) is 3. The maximum Gasteiger partial charge on any atom is 0.224 e. The van der Waals surface area contributed by atoms with Crippen LogP contribution in [0.25, 0.3) is 0 Å². The molecule has 1 aromatic rings. The van der Waals surface area contributed by atoms with Crippen molar-refractivity contribution in [2.45, 2.75) is 97.2 Å². The molecule has 6 nitrogen and oxygen atoms in total. The van der Waals surface area contributed by atoms with E-state index in [1.54, 1.807) is 20.3 Å². The minimum Gasteiger partial charge on any atom is -0.497 e. The quantitative estimate of drug-likeness (QED) is 0.402. The van der Waals surface area contributed by atoms with E-state index < -0.39 is 0 Å². The van der Waals surface area contributed by atoms with Crippen LogP contribution in [0.4, 0.5) is 5.69 Å². The van der Waals surface area contributed by atoms with Crippen molar-refractivity contribution in [2.24, 2.45) is 46.3 Å². The summed E-state index contributed by atoms with van der Waals surface area (Å²) in [7, 11) is 3.21. The molecule has 0 saturated heterocycles. The molecule has 10 atom stereocenters. The van der Waals surface area contributed by atoms with Crippen LogP contribution in [-0.2, 0) is 4.79 Å². The first-order valence-corrected chi connectivity index (χ1v) is 15.0. The predicted octanol–water partition coefficient (Wildman–Crippen LogP) is 6.05. The van der Waals surface area contributed by atoms with Crippen LogP contribution in [0, 0.1) is 46.3 Å². The Morgan fingerprint density at radius 2 is 1.76 bits per heavy atom. The van der Waals surface area contributed by atoms with Crippen molar-refractivity contribution in [3.8, 4) is 11.5 Å². The molecule has 212 valence electrons. The topological polar surface area (TPSA) is 88.0 Å². The van der Waals surface area contributed by atoms with Gasteiger partial charge in [-0.05, 0) is 116 Å². The van der Waals surface area contributed by atoms with E-state index in [9.17, 15) is 15.0 Å². The number of aliphatic hydroxyl groups is 2. The second-order valence-corrected chi connectivity index (χ2v) is 13.6. The number of amides is 1. The summed E-state index contributed by atoms with van der Waals surface area (Å²) in [6.45, 7) is 7.31. The molecule has 4 saturated carbocycles. The molecule has 4 aliphatic carbocycles. The number of hydrogen-bond acceptors (Lipinski definition) is 5.